The van der Waals surface area contributed by atoms with Crippen LogP contribution in [0, 0.1) is 0 Å². The van der Waals surface area contributed by atoms with E-state index < -0.39 is 0 Å². The molecule has 0 saturated heterocycles. The lowest BCUT2D eigenvalue weighted by atomic mass is 9.83. The SMILES string of the molecule is c1ccc(N(c2c(N(c3ccccc3)c3cccc4ccccc34)c(N(c3ccccc3)c3cccc4ccccc34)c3c(cc4c5ccccc5cc5c6cccc7cccc(c76)c3c45)c2N(c2ccccc2)c2cccc3ccccc23)c2cccc3ccccc23)cc1. The van der Waals surface area contributed by atoms with Crippen molar-refractivity contribution < 1.29 is 0 Å². The second-order valence-corrected chi connectivity index (χ2v) is 25.0. The van der Waals surface area contributed by atoms with Crippen molar-refractivity contribution in [3.8, 4) is 0 Å². The van der Waals surface area contributed by atoms with E-state index in [1.807, 2.05) is 0 Å². The maximum atomic E-state index is 2.63. The van der Waals surface area contributed by atoms with Gasteiger partial charge in [0.25, 0.3) is 0 Å². The normalized spacial score (nSPS) is 11.8. The van der Waals surface area contributed by atoms with E-state index in [-0.39, 0.29) is 0 Å². The molecule has 96 heavy (non-hydrogen) atoms. The van der Waals surface area contributed by atoms with Crippen LogP contribution in [0.5, 0.6) is 0 Å². The van der Waals surface area contributed by atoms with Crippen LogP contribution in [0.15, 0.2) is 364 Å². The molecule has 0 aliphatic rings. The Morgan fingerprint density at radius 3 is 0.854 bits per heavy atom. The van der Waals surface area contributed by atoms with Gasteiger partial charge in [0.1, 0.15) is 0 Å². The summed E-state index contributed by atoms with van der Waals surface area (Å²) in [6, 6.07) is 136. The molecular formula is C92H60N4. The number of hydrogen-bond acceptors (Lipinski definition) is 4. The number of anilines is 12. The highest BCUT2D eigenvalue weighted by Gasteiger charge is 2.39. The molecule has 0 aliphatic heterocycles. The first-order valence-corrected chi connectivity index (χ1v) is 33.1. The lowest BCUT2D eigenvalue weighted by Gasteiger charge is -2.42. The van der Waals surface area contributed by atoms with Gasteiger partial charge in [-0.1, -0.05) is 279 Å². The van der Waals surface area contributed by atoms with E-state index in [1.54, 1.807) is 0 Å². The Kier molecular flexibility index (Phi) is 12.9. The molecule has 0 aromatic heterocycles. The van der Waals surface area contributed by atoms with Crippen molar-refractivity contribution in [2.75, 3.05) is 19.6 Å². The topological polar surface area (TPSA) is 13.0 Å². The first-order valence-electron chi connectivity index (χ1n) is 33.1. The molecule has 0 heterocycles. The highest BCUT2D eigenvalue weighted by molar-refractivity contribution is 6.45. The van der Waals surface area contributed by atoms with E-state index >= 15 is 0 Å². The van der Waals surface area contributed by atoms with Crippen molar-refractivity contribution in [2.24, 2.45) is 0 Å². The summed E-state index contributed by atoms with van der Waals surface area (Å²) in [5.74, 6) is 0. The number of hydrogen-bond donors (Lipinski definition) is 0. The van der Waals surface area contributed by atoms with Crippen LogP contribution in [0.1, 0.15) is 0 Å². The fourth-order valence-corrected chi connectivity index (χ4v) is 15.8. The molecular weight excluding hydrogens is 1160 g/mol. The van der Waals surface area contributed by atoms with Crippen LogP contribution in [0.25, 0.3) is 108 Å². The Balaban J connectivity index is 1.21. The minimum absolute atomic E-state index is 0.955. The molecule has 0 bridgehead atoms. The standard InChI is InChI=1S/C92H60N4/c1-5-40-67(41-6-1)93(81-55-25-34-61-29-13-19-49-72(61)81)89-80-60-79-71-48-18-17-33-66(71)59-78-76-53-23-38-65-39-24-54-77(85(65)76)87(86(78)79)88(80)90(94(68-42-7-2-8-43-68)82-56-26-35-62-30-14-20-50-73(62)82)92(96(70-46-11-4-12-47-70)84-58-28-37-64-32-16-22-52-75(64)84)91(89)95(69-44-9-3-10-45-69)83-57-27-36-63-31-15-21-51-74(63)83/h1-60H. The van der Waals surface area contributed by atoms with Gasteiger partial charge in [0.15, 0.2) is 0 Å². The van der Waals surface area contributed by atoms with Crippen LogP contribution in [-0.4, -0.2) is 0 Å². The quantitative estimate of drug-likeness (QED) is 0.0893. The van der Waals surface area contributed by atoms with Crippen LogP contribution in [0.4, 0.5) is 68.2 Å². The van der Waals surface area contributed by atoms with E-state index in [4.69, 9.17) is 0 Å². The third-order valence-electron chi connectivity index (χ3n) is 19.8. The lowest BCUT2D eigenvalue weighted by molar-refractivity contribution is 1.20. The highest BCUT2D eigenvalue weighted by Crippen LogP contribution is 2.65. The number of nitrogens with zero attached hydrogens (tertiary/aromatic N) is 4. The molecule has 19 rings (SSSR count). The van der Waals surface area contributed by atoms with Gasteiger partial charge in [-0.15, -0.1) is 0 Å². The Morgan fingerprint density at radius 2 is 0.427 bits per heavy atom. The average molecular weight is 1220 g/mol. The first kappa shape index (κ1) is 54.9. The third-order valence-corrected chi connectivity index (χ3v) is 19.8. The second kappa shape index (κ2) is 22.5. The third kappa shape index (κ3) is 8.63. The van der Waals surface area contributed by atoms with E-state index in [9.17, 15) is 0 Å². The molecule has 0 unspecified atom stereocenters. The van der Waals surface area contributed by atoms with Crippen molar-refractivity contribution in [2.45, 2.75) is 0 Å². The van der Waals surface area contributed by atoms with Crippen molar-refractivity contribution in [3.63, 3.8) is 0 Å². The zero-order valence-corrected chi connectivity index (χ0v) is 52.4. The van der Waals surface area contributed by atoms with Crippen molar-refractivity contribution in [1.29, 1.82) is 0 Å². The van der Waals surface area contributed by atoms with Crippen LogP contribution >= 0.6 is 0 Å². The van der Waals surface area contributed by atoms with Crippen molar-refractivity contribution >= 4 is 176 Å². The van der Waals surface area contributed by atoms with E-state index in [0.29, 0.717) is 0 Å². The second-order valence-electron chi connectivity index (χ2n) is 25.0. The Bertz CT molecular complexity index is 6200. The van der Waals surface area contributed by atoms with Gasteiger partial charge in [0, 0.05) is 60.5 Å². The fourth-order valence-electron chi connectivity index (χ4n) is 15.8. The summed E-state index contributed by atoms with van der Waals surface area (Å²) < 4.78 is 0. The van der Waals surface area contributed by atoms with Crippen LogP contribution in [0.2, 0.25) is 0 Å². The molecule has 0 atom stereocenters. The van der Waals surface area contributed by atoms with Gasteiger partial charge in [-0.2, -0.15) is 0 Å². The number of benzene rings is 19. The minimum Gasteiger partial charge on any atom is -0.307 e. The first-order chi connectivity index (χ1) is 47.7. The lowest BCUT2D eigenvalue weighted by Crippen LogP contribution is -2.25. The Hall–Kier alpha value is -12.8. The molecule has 0 fully saturated rings. The Labute approximate surface area is 556 Å². The fraction of sp³-hybridized carbons (Fsp3) is 0. The molecule has 0 amide bonds. The summed E-state index contributed by atoms with van der Waals surface area (Å²) in [6.07, 6.45) is 0. The molecule has 4 nitrogen and oxygen atoms in total. The maximum absolute atomic E-state index is 2.63. The molecule has 0 aliphatic carbocycles. The number of para-hydroxylation sites is 4. The smallest absolute Gasteiger partial charge is 0.0975 e. The monoisotopic (exact) mass is 1220 g/mol. The summed E-state index contributed by atoms with van der Waals surface area (Å²) in [7, 11) is 0. The van der Waals surface area contributed by atoms with Gasteiger partial charge in [-0.3, -0.25) is 0 Å². The van der Waals surface area contributed by atoms with Gasteiger partial charge in [0.2, 0.25) is 0 Å². The van der Waals surface area contributed by atoms with E-state index in [1.165, 1.54) is 53.9 Å². The van der Waals surface area contributed by atoms with Crippen molar-refractivity contribution in [3.05, 3.63) is 364 Å². The zero-order valence-electron chi connectivity index (χ0n) is 52.4. The van der Waals surface area contributed by atoms with Crippen molar-refractivity contribution in [1.82, 2.24) is 0 Å². The van der Waals surface area contributed by atoms with Gasteiger partial charge in [-0.05, 0) is 155 Å². The predicted molar refractivity (Wildman–Crippen MR) is 411 cm³/mol. The summed E-state index contributed by atoms with van der Waals surface area (Å²) in [5.41, 5.74) is 12.0. The minimum atomic E-state index is 0.955. The Morgan fingerprint density at radius 1 is 0.135 bits per heavy atom. The van der Waals surface area contributed by atoms with Gasteiger partial charge < -0.3 is 19.6 Å². The highest BCUT2D eigenvalue weighted by atomic mass is 15.3. The maximum Gasteiger partial charge on any atom is 0.0975 e. The van der Waals surface area contributed by atoms with Crippen LogP contribution < -0.4 is 19.6 Å². The molecule has 0 spiro atoms. The molecule has 448 valence electrons. The number of rotatable bonds is 12. The average Bonchev–Trinajstić information content (AvgIpc) is 0.677. The molecule has 0 N–H and O–H groups in total. The molecule has 4 heteroatoms. The number of fused-ring (bicyclic) bond motifs is 10. The summed E-state index contributed by atoms with van der Waals surface area (Å²) in [5, 5.41) is 23.1. The van der Waals surface area contributed by atoms with Crippen LogP contribution in [0.3, 0.4) is 0 Å². The van der Waals surface area contributed by atoms with Gasteiger partial charge >= 0.3 is 0 Å². The molecule has 0 radical (unpaired) electrons. The van der Waals surface area contributed by atoms with Gasteiger partial charge in [-0.25, -0.2) is 0 Å². The summed E-state index contributed by atoms with van der Waals surface area (Å²) >= 11 is 0. The van der Waals surface area contributed by atoms with Crippen LogP contribution in [-0.2, 0) is 0 Å². The molecule has 19 aromatic rings. The van der Waals surface area contributed by atoms with E-state index in [2.05, 4.69) is 384 Å². The summed E-state index contributed by atoms with van der Waals surface area (Å²) in [4.78, 5) is 10.5. The van der Waals surface area contributed by atoms with Gasteiger partial charge in [0.05, 0.1) is 45.5 Å². The largest absolute Gasteiger partial charge is 0.307 e. The molecule has 0 saturated carbocycles. The van der Waals surface area contributed by atoms with E-state index in [0.717, 1.165) is 122 Å². The molecule has 19 aromatic carbocycles. The summed E-state index contributed by atoms with van der Waals surface area (Å²) in [6.45, 7) is 0. The zero-order chi connectivity index (χ0) is 63.2. The predicted octanol–water partition coefficient (Wildman–Crippen LogP) is 26.5.